The summed E-state index contributed by atoms with van der Waals surface area (Å²) < 4.78 is 36.6. The number of hydrogen-bond donors (Lipinski definition) is 1. The summed E-state index contributed by atoms with van der Waals surface area (Å²) in [7, 11) is 0. The molecule has 2 heterocycles. The monoisotopic (exact) mass is 216 g/mol. The molecule has 0 saturated carbocycles. The van der Waals surface area contributed by atoms with Crippen molar-refractivity contribution in [3.8, 4) is 0 Å². The molecule has 1 aromatic rings. The van der Waals surface area contributed by atoms with Crippen LogP contribution in [0.5, 0.6) is 0 Å². The maximum Gasteiger partial charge on any atom is 0.433 e. The van der Waals surface area contributed by atoms with Gasteiger partial charge in [0, 0.05) is 6.20 Å². The number of nitrogens with zero attached hydrogens (tertiary/aromatic N) is 1. The molecule has 0 aromatic carbocycles. The summed E-state index contributed by atoms with van der Waals surface area (Å²) in [6.45, 7) is 1.89. The molecule has 0 spiro atoms. The van der Waals surface area contributed by atoms with Gasteiger partial charge in [0.15, 0.2) is 0 Å². The lowest BCUT2D eigenvalue weighted by Crippen LogP contribution is -2.43. The Kier molecular flexibility index (Phi) is 2.65. The molecular formula is C10H11F3N2. The molecule has 2 nitrogen and oxygen atoms in total. The van der Waals surface area contributed by atoms with Crippen LogP contribution in [0.2, 0.25) is 0 Å². The van der Waals surface area contributed by atoms with E-state index in [1.807, 2.05) is 0 Å². The third-order valence-electron chi connectivity index (χ3n) is 2.51. The first-order chi connectivity index (χ1) is 7.05. The van der Waals surface area contributed by atoms with Gasteiger partial charge >= 0.3 is 6.18 Å². The Morgan fingerprint density at radius 1 is 1.33 bits per heavy atom. The average molecular weight is 216 g/mol. The van der Waals surface area contributed by atoms with Crippen LogP contribution in [0.1, 0.15) is 11.3 Å². The Labute approximate surface area is 85.5 Å². The SMILES string of the molecule is FC(F)(F)c1ccc(CC2CNC2)cn1. The number of aromatic nitrogens is 1. The third-order valence-corrected chi connectivity index (χ3v) is 2.51. The molecular weight excluding hydrogens is 205 g/mol. The molecule has 0 unspecified atom stereocenters. The molecule has 1 aliphatic heterocycles. The van der Waals surface area contributed by atoms with Crippen molar-refractivity contribution in [1.29, 1.82) is 0 Å². The highest BCUT2D eigenvalue weighted by Gasteiger charge is 2.32. The normalized spacial score (nSPS) is 17.5. The summed E-state index contributed by atoms with van der Waals surface area (Å²) in [6, 6.07) is 2.55. The summed E-state index contributed by atoms with van der Waals surface area (Å²) >= 11 is 0. The van der Waals surface area contributed by atoms with Gasteiger partial charge in [0.2, 0.25) is 0 Å². The number of pyridine rings is 1. The molecule has 0 bridgehead atoms. The standard InChI is InChI=1S/C10H11F3N2/c11-10(12,13)9-2-1-7(6-15-9)3-8-4-14-5-8/h1-2,6,8,14H,3-5H2. The van der Waals surface area contributed by atoms with Gasteiger partial charge in [-0.1, -0.05) is 6.07 Å². The van der Waals surface area contributed by atoms with Crippen LogP contribution in [0, 0.1) is 5.92 Å². The zero-order valence-corrected chi connectivity index (χ0v) is 8.01. The van der Waals surface area contributed by atoms with Crippen LogP contribution in [0.4, 0.5) is 13.2 Å². The van der Waals surface area contributed by atoms with Crippen molar-refractivity contribution in [2.45, 2.75) is 12.6 Å². The highest BCUT2D eigenvalue weighted by atomic mass is 19.4. The van der Waals surface area contributed by atoms with Crippen molar-refractivity contribution in [3.05, 3.63) is 29.6 Å². The zero-order valence-electron chi connectivity index (χ0n) is 8.01. The van der Waals surface area contributed by atoms with Crippen LogP contribution >= 0.6 is 0 Å². The smallest absolute Gasteiger partial charge is 0.316 e. The minimum absolute atomic E-state index is 0.545. The Morgan fingerprint density at radius 2 is 2.07 bits per heavy atom. The zero-order chi connectivity index (χ0) is 10.9. The molecule has 82 valence electrons. The summed E-state index contributed by atoms with van der Waals surface area (Å²) in [5.41, 5.74) is 0.0486. The topological polar surface area (TPSA) is 24.9 Å². The van der Waals surface area contributed by atoms with Gasteiger partial charge in [-0.25, -0.2) is 0 Å². The molecule has 1 aromatic heterocycles. The predicted octanol–water partition coefficient (Wildman–Crippen LogP) is 1.86. The molecule has 0 amide bonds. The fourth-order valence-electron chi connectivity index (χ4n) is 1.54. The number of halogens is 3. The van der Waals surface area contributed by atoms with Crippen LogP contribution in [0.15, 0.2) is 18.3 Å². The molecule has 1 saturated heterocycles. The van der Waals surface area contributed by atoms with E-state index in [2.05, 4.69) is 10.3 Å². The van der Waals surface area contributed by atoms with Gasteiger partial charge in [-0.05, 0) is 37.1 Å². The third kappa shape index (κ3) is 2.47. The lowest BCUT2D eigenvalue weighted by Gasteiger charge is -2.26. The largest absolute Gasteiger partial charge is 0.433 e. The van der Waals surface area contributed by atoms with E-state index in [0.717, 1.165) is 31.1 Å². The second-order valence-electron chi connectivity index (χ2n) is 3.78. The van der Waals surface area contributed by atoms with Crippen molar-refractivity contribution < 1.29 is 13.2 Å². The lowest BCUT2D eigenvalue weighted by molar-refractivity contribution is -0.141. The van der Waals surface area contributed by atoms with E-state index < -0.39 is 11.9 Å². The van der Waals surface area contributed by atoms with E-state index in [1.165, 1.54) is 12.3 Å². The van der Waals surface area contributed by atoms with Gasteiger partial charge in [0.1, 0.15) is 5.69 Å². The van der Waals surface area contributed by atoms with Gasteiger partial charge in [-0.2, -0.15) is 13.2 Å². The Morgan fingerprint density at radius 3 is 2.47 bits per heavy atom. The molecule has 0 atom stereocenters. The molecule has 0 aliphatic carbocycles. The fraction of sp³-hybridized carbons (Fsp3) is 0.500. The van der Waals surface area contributed by atoms with E-state index in [9.17, 15) is 13.2 Å². The van der Waals surface area contributed by atoms with Gasteiger partial charge in [-0.15, -0.1) is 0 Å². The quantitative estimate of drug-likeness (QED) is 0.816. The van der Waals surface area contributed by atoms with Crippen LogP contribution < -0.4 is 5.32 Å². The maximum absolute atomic E-state index is 12.2. The second kappa shape index (κ2) is 3.81. The highest BCUT2D eigenvalue weighted by Crippen LogP contribution is 2.27. The molecule has 2 rings (SSSR count). The molecule has 0 radical (unpaired) electrons. The van der Waals surface area contributed by atoms with Crippen LogP contribution in [0.3, 0.4) is 0 Å². The second-order valence-corrected chi connectivity index (χ2v) is 3.78. The number of alkyl halides is 3. The highest BCUT2D eigenvalue weighted by molar-refractivity contribution is 5.17. The van der Waals surface area contributed by atoms with Crippen molar-refractivity contribution >= 4 is 0 Å². The summed E-state index contributed by atoms with van der Waals surface area (Å²) in [4.78, 5) is 3.42. The van der Waals surface area contributed by atoms with Crippen LogP contribution in [-0.2, 0) is 12.6 Å². The van der Waals surface area contributed by atoms with E-state index in [4.69, 9.17) is 0 Å². The lowest BCUT2D eigenvalue weighted by atomic mass is 9.95. The van der Waals surface area contributed by atoms with Crippen molar-refractivity contribution in [2.24, 2.45) is 5.92 Å². The fourth-order valence-corrected chi connectivity index (χ4v) is 1.54. The van der Waals surface area contributed by atoms with Gasteiger partial charge in [0.25, 0.3) is 0 Å². The van der Waals surface area contributed by atoms with Gasteiger partial charge in [0.05, 0.1) is 0 Å². The molecule has 15 heavy (non-hydrogen) atoms. The van der Waals surface area contributed by atoms with E-state index in [1.54, 1.807) is 0 Å². The summed E-state index contributed by atoms with van der Waals surface area (Å²) in [5.74, 6) is 0.545. The molecule has 5 heteroatoms. The van der Waals surface area contributed by atoms with Crippen molar-refractivity contribution in [1.82, 2.24) is 10.3 Å². The van der Waals surface area contributed by atoms with Gasteiger partial charge < -0.3 is 5.32 Å². The molecule has 1 fully saturated rings. The predicted molar refractivity (Wildman–Crippen MR) is 49.3 cm³/mol. The Balaban J connectivity index is 2.03. The number of nitrogens with one attached hydrogen (secondary N) is 1. The van der Waals surface area contributed by atoms with Gasteiger partial charge in [-0.3, -0.25) is 4.98 Å². The maximum atomic E-state index is 12.2. The molecule has 1 aliphatic rings. The number of hydrogen-bond acceptors (Lipinski definition) is 2. The summed E-state index contributed by atoms with van der Waals surface area (Å²) in [5, 5.41) is 3.12. The van der Waals surface area contributed by atoms with Crippen molar-refractivity contribution in [2.75, 3.05) is 13.1 Å². The van der Waals surface area contributed by atoms with E-state index >= 15 is 0 Å². The first-order valence-electron chi connectivity index (χ1n) is 4.78. The minimum atomic E-state index is -4.34. The van der Waals surface area contributed by atoms with Crippen molar-refractivity contribution in [3.63, 3.8) is 0 Å². The van der Waals surface area contributed by atoms with E-state index in [-0.39, 0.29) is 0 Å². The summed E-state index contributed by atoms with van der Waals surface area (Å²) in [6.07, 6.45) is -2.21. The van der Waals surface area contributed by atoms with Crippen LogP contribution in [-0.4, -0.2) is 18.1 Å². The molecule has 1 N–H and O–H groups in total. The first kappa shape index (κ1) is 10.4. The van der Waals surface area contributed by atoms with E-state index in [0.29, 0.717) is 5.92 Å². The Bertz CT molecular complexity index is 328. The number of rotatable bonds is 2. The minimum Gasteiger partial charge on any atom is -0.316 e. The average Bonchev–Trinajstić information content (AvgIpc) is 2.11. The van der Waals surface area contributed by atoms with Crippen LogP contribution in [0.25, 0.3) is 0 Å². The first-order valence-corrected chi connectivity index (χ1v) is 4.78. The Hall–Kier alpha value is -1.10.